The highest BCUT2D eigenvalue weighted by Gasteiger charge is 2.29. The molecule has 0 aliphatic carbocycles. The number of methoxy groups -OCH3 is 1. The molecule has 0 saturated carbocycles. The van der Waals surface area contributed by atoms with E-state index in [9.17, 15) is 13.2 Å². The molecule has 0 radical (unpaired) electrons. The van der Waals surface area contributed by atoms with E-state index in [4.69, 9.17) is 0 Å². The minimum atomic E-state index is -3.79. The average molecular weight is 233 g/mol. The number of nitrogens with one attached hydrogen (secondary N) is 2. The molecule has 0 amide bonds. The smallest absolute Gasteiger partial charge is 0.325 e. The molecule has 2 N–H and O–H groups in total. The Morgan fingerprint density at radius 1 is 1.67 bits per heavy atom. The Morgan fingerprint density at radius 3 is 2.80 bits per heavy atom. The van der Waals surface area contributed by atoms with Crippen LogP contribution in [0.4, 0.5) is 5.82 Å². The molecule has 0 aromatic carbocycles. The summed E-state index contributed by atoms with van der Waals surface area (Å²) in [6.07, 6.45) is 1.39. The maximum absolute atomic E-state index is 11.5. The molecule has 1 unspecified atom stereocenters. The first-order valence-corrected chi connectivity index (χ1v) is 5.61. The van der Waals surface area contributed by atoms with Gasteiger partial charge in [-0.05, 0) is 6.92 Å². The van der Waals surface area contributed by atoms with Crippen molar-refractivity contribution in [1.82, 2.24) is 10.2 Å². The van der Waals surface area contributed by atoms with Crippen molar-refractivity contribution in [3.05, 3.63) is 12.3 Å². The summed E-state index contributed by atoms with van der Waals surface area (Å²) in [4.78, 5) is 11.0. The number of aromatic nitrogens is 2. The molecule has 15 heavy (non-hydrogen) atoms. The molecular formula is C7H11N3O4S. The quantitative estimate of drug-likeness (QED) is 0.696. The second kappa shape index (κ2) is 4.30. The number of rotatable bonds is 4. The van der Waals surface area contributed by atoms with Crippen molar-refractivity contribution in [3.8, 4) is 0 Å². The summed E-state index contributed by atoms with van der Waals surface area (Å²) in [5.41, 5.74) is 0. The Bertz CT molecular complexity index is 425. The fourth-order valence-electron chi connectivity index (χ4n) is 0.847. The second-order valence-electron chi connectivity index (χ2n) is 2.78. The van der Waals surface area contributed by atoms with Crippen LogP contribution in [0, 0.1) is 0 Å². The molecule has 0 aliphatic rings. The molecule has 84 valence electrons. The van der Waals surface area contributed by atoms with Crippen LogP contribution in [0.1, 0.15) is 6.92 Å². The lowest BCUT2D eigenvalue weighted by Crippen LogP contribution is -2.33. The number of aromatic amines is 1. The number of nitrogens with zero attached hydrogens (tertiary/aromatic N) is 1. The van der Waals surface area contributed by atoms with E-state index in [1.807, 2.05) is 0 Å². The maximum atomic E-state index is 11.5. The first-order chi connectivity index (χ1) is 6.97. The Hall–Kier alpha value is -1.57. The number of esters is 1. The van der Waals surface area contributed by atoms with Crippen LogP contribution >= 0.6 is 0 Å². The van der Waals surface area contributed by atoms with E-state index < -0.39 is 21.2 Å². The van der Waals surface area contributed by atoms with Crippen molar-refractivity contribution >= 4 is 21.8 Å². The fourth-order valence-corrected chi connectivity index (χ4v) is 1.79. The number of sulfonamides is 1. The minimum Gasteiger partial charge on any atom is -0.468 e. The lowest BCUT2D eigenvalue weighted by Gasteiger charge is -2.10. The fraction of sp³-hybridized carbons (Fsp3) is 0.429. The highest BCUT2D eigenvalue weighted by Crippen LogP contribution is 2.08. The Balaban J connectivity index is 2.80. The number of hydrogen-bond acceptors (Lipinski definition) is 5. The van der Waals surface area contributed by atoms with E-state index >= 15 is 0 Å². The number of carbonyl (C=O) groups excluding carboxylic acids is 1. The molecule has 0 spiro atoms. The van der Waals surface area contributed by atoms with Gasteiger partial charge in [-0.25, -0.2) is 8.42 Å². The van der Waals surface area contributed by atoms with Gasteiger partial charge < -0.3 is 4.74 Å². The van der Waals surface area contributed by atoms with E-state index in [1.165, 1.54) is 19.2 Å². The zero-order chi connectivity index (χ0) is 11.5. The standard InChI is InChI=1S/C7H11N3O4S/c1-5(7(11)14-2)15(12,13)10-6-3-4-8-9-6/h3-5H,1-2H3,(H2,8,9,10). The zero-order valence-corrected chi connectivity index (χ0v) is 9.04. The van der Waals surface area contributed by atoms with Crippen LogP contribution in [0.15, 0.2) is 12.3 Å². The van der Waals surface area contributed by atoms with Gasteiger partial charge in [-0.15, -0.1) is 0 Å². The Morgan fingerprint density at radius 2 is 2.33 bits per heavy atom. The van der Waals surface area contributed by atoms with Crippen molar-refractivity contribution < 1.29 is 17.9 Å². The van der Waals surface area contributed by atoms with Gasteiger partial charge in [-0.2, -0.15) is 5.10 Å². The summed E-state index contributed by atoms with van der Waals surface area (Å²) in [5.74, 6) is -0.618. The predicted octanol–water partition coefficient (Wildman–Crippen LogP) is -0.287. The normalized spacial score (nSPS) is 13.2. The third-order valence-electron chi connectivity index (χ3n) is 1.75. The van der Waals surface area contributed by atoms with Crippen molar-refractivity contribution in [2.75, 3.05) is 11.8 Å². The van der Waals surface area contributed by atoms with Crippen molar-refractivity contribution in [2.45, 2.75) is 12.2 Å². The summed E-state index contributed by atoms with van der Waals surface area (Å²) >= 11 is 0. The zero-order valence-electron chi connectivity index (χ0n) is 8.22. The van der Waals surface area contributed by atoms with Crippen molar-refractivity contribution in [1.29, 1.82) is 0 Å². The minimum absolute atomic E-state index is 0.200. The third kappa shape index (κ3) is 2.69. The Labute approximate surface area is 86.9 Å². The lowest BCUT2D eigenvalue weighted by atomic mass is 10.5. The van der Waals surface area contributed by atoms with Crippen LogP contribution in [0.3, 0.4) is 0 Å². The molecule has 0 aliphatic heterocycles. The van der Waals surface area contributed by atoms with E-state index in [0.29, 0.717) is 0 Å². The molecule has 1 aromatic rings. The highest BCUT2D eigenvalue weighted by atomic mass is 32.2. The molecule has 1 atom stereocenters. The van der Waals surface area contributed by atoms with Gasteiger partial charge in [0.25, 0.3) is 0 Å². The molecule has 8 heteroatoms. The molecule has 0 fully saturated rings. The predicted molar refractivity (Wildman–Crippen MR) is 52.6 cm³/mol. The molecule has 7 nitrogen and oxygen atoms in total. The first-order valence-electron chi connectivity index (χ1n) is 4.06. The number of hydrogen-bond donors (Lipinski definition) is 2. The summed E-state index contributed by atoms with van der Waals surface area (Å²) in [6, 6.07) is 1.43. The number of carbonyl (C=O) groups is 1. The summed E-state index contributed by atoms with van der Waals surface area (Å²) < 4.78 is 29.6. The molecule has 0 saturated heterocycles. The summed E-state index contributed by atoms with van der Waals surface area (Å²) in [7, 11) is -2.66. The highest BCUT2D eigenvalue weighted by molar-refractivity contribution is 7.94. The molecule has 1 rings (SSSR count). The van der Waals surface area contributed by atoms with Crippen LogP contribution in [-0.4, -0.2) is 36.9 Å². The van der Waals surface area contributed by atoms with Crippen LogP contribution in [0.25, 0.3) is 0 Å². The van der Waals surface area contributed by atoms with Gasteiger partial charge in [0.15, 0.2) is 5.25 Å². The lowest BCUT2D eigenvalue weighted by molar-refractivity contribution is -0.139. The van der Waals surface area contributed by atoms with Crippen LogP contribution < -0.4 is 4.72 Å². The second-order valence-corrected chi connectivity index (χ2v) is 4.78. The largest absolute Gasteiger partial charge is 0.468 e. The average Bonchev–Trinajstić information content (AvgIpc) is 2.67. The molecule has 1 aromatic heterocycles. The van der Waals surface area contributed by atoms with Gasteiger partial charge in [-0.3, -0.25) is 14.6 Å². The molecule has 1 heterocycles. The van der Waals surface area contributed by atoms with Gasteiger partial charge in [-0.1, -0.05) is 0 Å². The SMILES string of the molecule is COC(=O)C(C)S(=O)(=O)Nc1ccn[nH]1. The van der Waals surface area contributed by atoms with E-state index in [1.54, 1.807) is 0 Å². The van der Waals surface area contributed by atoms with Gasteiger partial charge in [0, 0.05) is 6.07 Å². The number of ether oxygens (including phenoxy) is 1. The van der Waals surface area contributed by atoms with Gasteiger partial charge in [0.05, 0.1) is 13.3 Å². The van der Waals surface area contributed by atoms with Gasteiger partial charge in [0.1, 0.15) is 5.82 Å². The van der Waals surface area contributed by atoms with Crippen molar-refractivity contribution in [3.63, 3.8) is 0 Å². The van der Waals surface area contributed by atoms with Crippen LogP contribution in [0.5, 0.6) is 0 Å². The van der Waals surface area contributed by atoms with E-state index in [2.05, 4.69) is 19.7 Å². The topological polar surface area (TPSA) is 101 Å². The monoisotopic (exact) mass is 233 g/mol. The van der Waals surface area contributed by atoms with E-state index in [0.717, 1.165) is 7.11 Å². The summed E-state index contributed by atoms with van der Waals surface area (Å²) in [5, 5.41) is 4.70. The van der Waals surface area contributed by atoms with Crippen LogP contribution in [-0.2, 0) is 19.6 Å². The first kappa shape index (κ1) is 11.5. The third-order valence-corrected chi connectivity index (χ3v) is 3.38. The Kier molecular flexibility index (Phi) is 3.30. The maximum Gasteiger partial charge on any atom is 0.325 e. The summed E-state index contributed by atoms with van der Waals surface area (Å²) in [6.45, 7) is 1.24. The van der Waals surface area contributed by atoms with E-state index in [-0.39, 0.29) is 5.82 Å². The van der Waals surface area contributed by atoms with Gasteiger partial charge >= 0.3 is 5.97 Å². The molecular weight excluding hydrogens is 222 g/mol. The van der Waals surface area contributed by atoms with Crippen LogP contribution in [0.2, 0.25) is 0 Å². The number of anilines is 1. The van der Waals surface area contributed by atoms with Gasteiger partial charge in [0.2, 0.25) is 10.0 Å². The van der Waals surface area contributed by atoms with Crippen molar-refractivity contribution in [2.24, 2.45) is 0 Å². The number of H-pyrrole nitrogens is 1. The molecule has 0 bridgehead atoms.